The van der Waals surface area contributed by atoms with Crippen LogP contribution < -0.4 is 5.56 Å². The van der Waals surface area contributed by atoms with Crippen molar-refractivity contribution in [3.05, 3.63) is 43.0 Å². The second-order valence-corrected chi connectivity index (χ2v) is 6.83. The first-order valence-electron chi connectivity index (χ1n) is 7.08. The van der Waals surface area contributed by atoms with Crippen molar-refractivity contribution in [1.29, 1.82) is 0 Å². The summed E-state index contributed by atoms with van der Waals surface area (Å²) in [7, 11) is 0. The van der Waals surface area contributed by atoms with Gasteiger partial charge in [-0.05, 0) is 13.8 Å². The Morgan fingerprint density at radius 3 is 2.65 bits per heavy atom. The molecule has 3 heterocycles. The molecule has 9 heteroatoms. The van der Waals surface area contributed by atoms with Gasteiger partial charge in [-0.15, -0.1) is 11.3 Å². The van der Waals surface area contributed by atoms with Crippen molar-refractivity contribution in [2.24, 2.45) is 0 Å². The number of alkyl halides is 3. The highest BCUT2D eigenvalue weighted by molar-refractivity contribution is 7.11. The third-order valence-electron chi connectivity index (χ3n) is 3.78. The van der Waals surface area contributed by atoms with E-state index in [9.17, 15) is 18.0 Å². The maximum atomic E-state index is 12.7. The van der Waals surface area contributed by atoms with Crippen LogP contribution in [-0.4, -0.2) is 26.4 Å². The molecule has 0 radical (unpaired) electrons. The number of H-pyrrole nitrogens is 1. The molecule has 23 heavy (non-hydrogen) atoms. The summed E-state index contributed by atoms with van der Waals surface area (Å²) in [6.07, 6.45) is -4.30. The van der Waals surface area contributed by atoms with Gasteiger partial charge in [0.1, 0.15) is 0 Å². The largest absolute Gasteiger partial charge is 0.449 e. The molecule has 0 aromatic carbocycles. The number of hydrogen-bond acceptors (Lipinski definition) is 5. The van der Waals surface area contributed by atoms with Crippen molar-refractivity contribution < 1.29 is 13.2 Å². The third-order valence-corrected chi connectivity index (χ3v) is 4.84. The van der Waals surface area contributed by atoms with Gasteiger partial charge in [0.05, 0.1) is 22.0 Å². The molecule has 5 nitrogen and oxygen atoms in total. The average molecular weight is 344 g/mol. The van der Waals surface area contributed by atoms with Crippen LogP contribution in [0.4, 0.5) is 13.2 Å². The van der Waals surface area contributed by atoms with E-state index in [1.54, 1.807) is 11.3 Å². The van der Waals surface area contributed by atoms with E-state index in [2.05, 4.69) is 9.97 Å². The number of aryl methyl sites for hydroxylation is 2. The van der Waals surface area contributed by atoms with Crippen LogP contribution in [-0.2, 0) is 25.7 Å². The Morgan fingerprint density at radius 2 is 2.04 bits per heavy atom. The lowest BCUT2D eigenvalue weighted by atomic mass is 10.1. The lowest BCUT2D eigenvalue weighted by Crippen LogP contribution is -2.36. The topological polar surface area (TPSA) is 61.9 Å². The minimum Gasteiger partial charge on any atom is -0.303 e. The van der Waals surface area contributed by atoms with E-state index in [0.717, 1.165) is 15.6 Å². The third kappa shape index (κ3) is 3.30. The number of thiazole rings is 1. The second kappa shape index (κ2) is 5.72. The molecule has 124 valence electrons. The van der Waals surface area contributed by atoms with Crippen LogP contribution in [0.15, 0.2) is 4.79 Å². The zero-order chi connectivity index (χ0) is 16.8. The zero-order valence-corrected chi connectivity index (χ0v) is 13.4. The Morgan fingerprint density at radius 1 is 1.30 bits per heavy atom. The van der Waals surface area contributed by atoms with E-state index in [-0.39, 0.29) is 5.69 Å². The fraction of sp³-hybridized carbons (Fsp3) is 0.500. The van der Waals surface area contributed by atoms with Crippen LogP contribution in [0.3, 0.4) is 0 Å². The molecule has 0 atom stereocenters. The van der Waals surface area contributed by atoms with E-state index in [0.29, 0.717) is 31.6 Å². The van der Waals surface area contributed by atoms with Crippen molar-refractivity contribution in [3.8, 4) is 0 Å². The van der Waals surface area contributed by atoms with E-state index >= 15 is 0 Å². The molecule has 0 unspecified atom stereocenters. The molecule has 0 saturated heterocycles. The first kappa shape index (κ1) is 16.1. The molecule has 1 N–H and O–H groups in total. The van der Waals surface area contributed by atoms with Crippen molar-refractivity contribution in [2.75, 3.05) is 6.54 Å². The van der Waals surface area contributed by atoms with Crippen LogP contribution >= 0.6 is 11.3 Å². The van der Waals surface area contributed by atoms with Gasteiger partial charge < -0.3 is 4.98 Å². The lowest BCUT2D eigenvalue weighted by Gasteiger charge is -2.27. The standard InChI is InChI=1S/C14H15F3N4OS/c1-7-11(23-8(2)18-7)6-21-4-3-10-9(5-21)12(22)20-13(19-10)14(15,16)17/h3-6H2,1-2H3,(H,19,20,22). The molecular formula is C14H15F3N4OS. The van der Waals surface area contributed by atoms with Gasteiger partial charge >= 0.3 is 6.18 Å². The molecule has 3 rings (SSSR count). The van der Waals surface area contributed by atoms with Crippen molar-refractivity contribution in [1.82, 2.24) is 19.9 Å². The Kier molecular flexibility index (Phi) is 4.01. The van der Waals surface area contributed by atoms with Crippen LogP contribution in [0.2, 0.25) is 0 Å². The van der Waals surface area contributed by atoms with Crippen LogP contribution in [0.1, 0.15) is 32.7 Å². The Labute approximate surface area is 134 Å². The minimum absolute atomic E-state index is 0.245. The van der Waals surface area contributed by atoms with E-state index < -0.39 is 17.6 Å². The molecule has 0 fully saturated rings. The number of nitrogens with one attached hydrogen (secondary N) is 1. The van der Waals surface area contributed by atoms with Gasteiger partial charge in [-0.1, -0.05) is 0 Å². The van der Waals surface area contributed by atoms with E-state index in [1.165, 1.54) is 0 Å². The predicted octanol–water partition coefficient (Wildman–Crippen LogP) is 2.42. The summed E-state index contributed by atoms with van der Waals surface area (Å²) in [6, 6.07) is 0. The monoisotopic (exact) mass is 344 g/mol. The highest BCUT2D eigenvalue weighted by Crippen LogP contribution is 2.27. The van der Waals surface area contributed by atoms with E-state index in [4.69, 9.17) is 0 Å². The summed E-state index contributed by atoms with van der Waals surface area (Å²) in [5.41, 5.74) is 0.819. The lowest BCUT2D eigenvalue weighted by molar-refractivity contribution is -0.145. The fourth-order valence-electron chi connectivity index (χ4n) is 2.67. The first-order valence-corrected chi connectivity index (χ1v) is 7.90. The Bertz CT molecular complexity index is 796. The molecule has 0 spiro atoms. The Hall–Kier alpha value is -1.74. The van der Waals surface area contributed by atoms with E-state index in [1.807, 2.05) is 23.7 Å². The summed E-state index contributed by atoms with van der Waals surface area (Å²) in [5, 5.41) is 0.976. The molecule has 2 aromatic rings. The second-order valence-electron chi connectivity index (χ2n) is 5.54. The summed E-state index contributed by atoms with van der Waals surface area (Å²) >= 11 is 1.60. The van der Waals surface area contributed by atoms with Crippen LogP contribution in [0.5, 0.6) is 0 Å². The van der Waals surface area contributed by atoms with Gasteiger partial charge in [-0.2, -0.15) is 13.2 Å². The van der Waals surface area contributed by atoms with Gasteiger partial charge in [-0.25, -0.2) is 9.97 Å². The Balaban J connectivity index is 1.84. The quantitative estimate of drug-likeness (QED) is 0.909. The number of aromatic amines is 1. The smallest absolute Gasteiger partial charge is 0.303 e. The first-order chi connectivity index (χ1) is 10.7. The summed E-state index contributed by atoms with van der Waals surface area (Å²) in [4.78, 5) is 24.9. The van der Waals surface area contributed by atoms with Crippen LogP contribution in [0.25, 0.3) is 0 Å². The molecule has 0 bridgehead atoms. The molecule has 0 saturated carbocycles. The number of hydrogen-bond donors (Lipinski definition) is 1. The van der Waals surface area contributed by atoms with Gasteiger partial charge in [0.25, 0.3) is 5.56 Å². The number of aromatic nitrogens is 3. The molecule has 0 aliphatic carbocycles. The number of nitrogens with zero attached hydrogens (tertiary/aromatic N) is 3. The fourth-order valence-corrected chi connectivity index (χ4v) is 3.65. The van der Waals surface area contributed by atoms with Gasteiger partial charge in [0.15, 0.2) is 0 Å². The maximum Gasteiger partial charge on any atom is 0.449 e. The summed E-state index contributed by atoms with van der Waals surface area (Å²) < 4.78 is 38.1. The van der Waals surface area contributed by atoms with Gasteiger partial charge in [0.2, 0.25) is 5.82 Å². The molecule has 1 aliphatic heterocycles. The molecule has 1 aliphatic rings. The average Bonchev–Trinajstić information content (AvgIpc) is 2.76. The summed E-state index contributed by atoms with van der Waals surface area (Å²) in [6.45, 7) is 5.36. The normalized spacial score (nSPS) is 15.7. The number of rotatable bonds is 2. The highest BCUT2D eigenvalue weighted by atomic mass is 32.1. The zero-order valence-electron chi connectivity index (χ0n) is 12.6. The van der Waals surface area contributed by atoms with Crippen molar-refractivity contribution in [2.45, 2.75) is 39.5 Å². The maximum absolute atomic E-state index is 12.7. The van der Waals surface area contributed by atoms with Crippen molar-refractivity contribution in [3.63, 3.8) is 0 Å². The minimum atomic E-state index is -4.64. The van der Waals surface area contributed by atoms with Crippen molar-refractivity contribution >= 4 is 11.3 Å². The van der Waals surface area contributed by atoms with Crippen LogP contribution in [0, 0.1) is 13.8 Å². The number of halogens is 3. The SMILES string of the molecule is Cc1nc(C)c(CN2CCc3nc(C(F)(F)F)[nH]c(=O)c3C2)s1. The van der Waals surface area contributed by atoms with Gasteiger partial charge in [-0.3, -0.25) is 9.69 Å². The number of fused-ring (bicyclic) bond motifs is 1. The van der Waals surface area contributed by atoms with Gasteiger partial charge in [0, 0.05) is 30.9 Å². The molecule has 2 aromatic heterocycles. The molecular weight excluding hydrogens is 329 g/mol. The summed E-state index contributed by atoms with van der Waals surface area (Å²) in [5.74, 6) is -1.22. The highest BCUT2D eigenvalue weighted by Gasteiger charge is 2.36. The molecule has 0 amide bonds. The predicted molar refractivity (Wildman–Crippen MR) is 79.3 cm³/mol.